The Kier molecular flexibility index (Phi) is 6.18. The van der Waals surface area contributed by atoms with E-state index in [2.05, 4.69) is 5.32 Å². The number of hydrogen-bond donors (Lipinski definition) is 2. The van der Waals surface area contributed by atoms with Gasteiger partial charge in [0.25, 0.3) is 0 Å². The second-order valence-corrected chi connectivity index (χ2v) is 5.81. The molecule has 0 saturated carbocycles. The quantitative estimate of drug-likeness (QED) is 0.772. The Balaban J connectivity index is 2.60. The van der Waals surface area contributed by atoms with Crippen molar-refractivity contribution in [2.75, 3.05) is 19.6 Å². The molecule has 6 heteroatoms. The van der Waals surface area contributed by atoms with Gasteiger partial charge in [-0.3, -0.25) is 14.4 Å². The lowest BCUT2D eigenvalue weighted by Gasteiger charge is -2.32. The molecule has 1 rings (SSSR count). The molecule has 1 aliphatic heterocycles. The predicted molar refractivity (Wildman–Crippen MR) is 78.6 cm³/mol. The standard InChI is InChI=1S/C15H26N2O4/c1-4-15(5-2,14(20)21)10-16-13(19)12-7-6-8-17(9-12)11(3)18/h12H,4-10H2,1-3H3,(H,16,19)(H,20,21). The molecule has 0 aromatic carbocycles. The zero-order chi connectivity index (χ0) is 16.0. The summed E-state index contributed by atoms with van der Waals surface area (Å²) in [5.41, 5.74) is -0.898. The molecule has 0 aromatic rings. The Hall–Kier alpha value is -1.59. The van der Waals surface area contributed by atoms with Gasteiger partial charge in [-0.25, -0.2) is 0 Å². The van der Waals surface area contributed by atoms with Crippen molar-refractivity contribution in [1.29, 1.82) is 0 Å². The van der Waals surface area contributed by atoms with Crippen molar-refractivity contribution >= 4 is 17.8 Å². The summed E-state index contributed by atoms with van der Waals surface area (Å²) in [5, 5.41) is 12.1. The van der Waals surface area contributed by atoms with Crippen LogP contribution in [0, 0.1) is 11.3 Å². The van der Waals surface area contributed by atoms with Crippen LogP contribution in [0.4, 0.5) is 0 Å². The van der Waals surface area contributed by atoms with Gasteiger partial charge in [0, 0.05) is 26.6 Å². The predicted octanol–water partition coefficient (Wildman–Crippen LogP) is 1.25. The number of hydrogen-bond acceptors (Lipinski definition) is 3. The highest BCUT2D eigenvalue weighted by Gasteiger charge is 2.36. The number of aliphatic carboxylic acids is 1. The van der Waals surface area contributed by atoms with E-state index in [1.807, 2.05) is 13.8 Å². The molecular formula is C15H26N2O4. The Labute approximate surface area is 125 Å². The van der Waals surface area contributed by atoms with E-state index in [0.29, 0.717) is 25.9 Å². The summed E-state index contributed by atoms with van der Waals surface area (Å²) in [6.45, 7) is 6.42. The minimum absolute atomic E-state index is 0.0190. The van der Waals surface area contributed by atoms with Crippen LogP contribution in [0.2, 0.25) is 0 Å². The summed E-state index contributed by atoms with van der Waals surface area (Å²) >= 11 is 0. The number of carbonyl (C=O) groups is 3. The SMILES string of the molecule is CCC(CC)(CNC(=O)C1CCCN(C(C)=O)C1)C(=O)O. The van der Waals surface area contributed by atoms with Crippen molar-refractivity contribution in [1.82, 2.24) is 10.2 Å². The third-order valence-electron chi connectivity index (χ3n) is 4.65. The topological polar surface area (TPSA) is 86.7 Å². The monoisotopic (exact) mass is 298 g/mol. The highest BCUT2D eigenvalue weighted by molar-refractivity contribution is 5.82. The normalized spacial score (nSPS) is 19.2. The number of nitrogens with zero attached hydrogens (tertiary/aromatic N) is 1. The minimum atomic E-state index is -0.898. The molecule has 1 fully saturated rings. The van der Waals surface area contributed by atoms with Crippen LogP contribution in [0.1, 0.15) is 46.5 Å². The number of carboxylic acid groups (broad SMARTS) is 1. The van der Waals surface area contributed by atoms with E-state index < -0.39 is 11.4 Å². The maximum atomic E-state index is 12.2. The van der Waals surface area contributed by atoms with Gasteiger partial charge in [0.05, 0.1) is 11.3 Å². The molecule has 1 saturated heterocycles. The van der Waals surface area contributed by atoms with Crippen LogP contribution in [-0.2, 0) is 14.4 Å². The van der Waals surface area contributed by atoms with E-state index in [1.54, 1.807) is 4.90 Å². The molecule has 2 N–H and O–H groups in total. The summed E-state index contributed by atoms with van der Waals surface area (Å²) in [7, 11) is 0. The van der Waals surface area contributed by atoms with E-state index in [4.69, 9.17) is 0 Å². The van der Waals surface area contributed by atoms with Crippen molar-refractivity contribution in [2.45, 2.75) is 46.5 Å². The fraction of sp³-hybridized carbons (Fsp3) is 0.800. The van der Waals surface area contributed by atoms with E-state index in [-0.39, 0.29) is 24.3 Å². The van der Waals surface area contributed by atoms with Crippen LogP contribution >= 0.6 is 0 Å². The fourth-order valence-electron chi connectivity index (χ4n) is 2.76. The molecule has 1 aliphatic rings. The number of piperidine rings is 1. The summed E-state index contributed by atoms with van der Waals surface area (Å²) in [6.07, 6.45) is 2.50. The van der Waals surface area contributed by atoms with Crippen LogP contribution in [0.15, 0.2) is 0 Å². The third kappa shape index (κ3) is 4.19. The van der Waals surface area contributed by atoms with E-state index in [0.717, 1.165) is 12.8 Å². The molecule has 1 heterocycles. The lowest BCUT2D eigenvalue weighted by molar-refractivity contribution is -0.149. The van der Waals surface area contributed by atoms with Gasteiger partial charge in [-0.2, -0.15) is 0 Å². The summed E-state index contributed by atoms with van der Waals surface area (Å²) in [5.74, 6) is -1.27. The van der Waals surface area contributed by atoms with Gasteiger partial charge in [-0.05, 0) is 25.7 Å². The van der Waals surface area contributed by atoms with Crippen molar-refractivity contribution in [3.8, 4) is 0 Å². The number of carboxylic acids is 1. The van der Waals surface area contributed by atoms with Gasteiger partial charge in [0.1, 0.15) is 0 Å². The van der Waals surface area contributed by atoms with E-state index in [9.17, 15) is 19.5 Å². The lowest BCUT2D eigenvalue weighted by atomic mass is 9.82. The highest BCUT2D eigenvalue weighted by Crippen LogP contribution is 2.26. The zero-order valence-electron chi connectivity index (χ0n) is 13.1. The van der Waals surface area contributed by atoms with Gasteiger partial charge in [0.2, 0.25) is 11.8 Å². The molecule has 1 atom stereocenters. The van der Waals surface area contributed by atoms with Gasteiger partial charge >= 0.3 is 5.97 Å². The molecule has 2 amide bonds. The van der Waals surface area contributed by atoms with Gasteiger partial charge in [-0.15, -0.1) is 0 Å². The highest BCUT2D eigenvalue weighted by atomic mass is 16.4. The largest absolute Gasteiger partial charge is 0.481 e. The Morgan fingerprint density at radius 2 is 1.90 bits per heavy atom. The number of amides is 2. The molecule has 0 spiro atoms. The molecule has 1 unspecified atom stereocenters. The molecule has 6 nitrogen and oxygen atoms in total. The molecule has 0 aliphatic carbocycles. The number of carbonyl (C=O) groups excluding carboxylic acids is 2. The first-order valence-corrected chi connectivity index (χ1v) is 7.63. The average molecular weight is 298 g/mol. The van der Waals surface area contributed by atoms with Crippen molar-refractivity contribution < 1.29 is 19.5 Å². The molecule has 0 aromatic heterocycles. The van der Waals surface area contributed by atoms with E-state index >= 15 is 0 Å². The fourth-order valence-corrected chi connectivity index (χ4v) is 2.76. The lowest BCUT2D eigenvalue weighted by Crippen LogP contribution is -2.48. The Bertz CT molecular complexity index is 404. The molecule has 0 bridgehead atoms. The molecular weight excluding hydrogens is 272 g/mol. The van der Waals surface area contributed by atoms with Crippen LogP contribution in [-0.4, -0.2) is 47.4 Å². The van der Waals surface area contributed by atoms with E-state index in [1.165, 1.54) is 6.92 Å². The van der Waals surface area contributed by atoms with Crippen LogP contribution in [0.5, 0.6) is 0 Å². The average Bonchev–Trinajstić information content (AvgIpc) is 2.48. The first-order chi connectivity index (χ1) is 9.86. The number of nitrogens with one attached hydrogen (secondary N) is 1. The van der Waals surface area contributed by atoms with Gasteiger partial charge in [-0.1, -0.05) is 13.8 Å². The summed E-state index contributed by atoms with van der Waals surface area (Å²) in [4.78, 5) is 36.7. The first kappa shape index (κ1) is 17.5. The van der Waals surface area contributed by atoms with Gasteiger partial charge in [0.15, 0.2) is 0 Å². The Morgan fingerprint density at radius 1 is 1.29 bits per heavy atom. The number of rotatable bonds is 6. The van der Waals surface area contributed by atoms with Crippen molar-refractivity contribution in [3.63, 3.8) is 0 Å². The maximum absolute atomic E-state index is 12.2. The first-order valence-electron chi connectivity index (χ1n) is 7.63. The zero-order valence-corrected chi connectivity index (χ0v) is 13.1. The molecule has 0 radical (unpaired) electrons. The minimum Gasteiger partial charge on any atom is -0.481 e. The molecule has 120 valence electrons. The van der Waals surface area contributed by atoms with Crippen LogP contribution in [0.25, 0.3) is 0 Å². The second kappa shape index (κ2) is 7.43. The van der Waals surface area contributed by atoms with Crippen molar-refractivity contribution in [2.24, 2.45) is 11.3 Å². The van der Waals surface area contributed by atoms with Crippen LogP contribution in [0.3, 0.4) is 0 Å². The summed E-state index contributed by atoms with van der Waals surface area (Å²) in [6, 6.07) is 0. The molecule has 21 heavy (non-hydrogen) atoms. The maximum Gasteiger partial charge on any atom is 0.311 e. The third-order valence-corrected chi connectivity index (χ3v) is 4.65. The second-order valence-electron chi connectivity index (χ2n) is 5.81. The number of likely N-dealkylation sites (tertiary alicyclic amines) is 1. The van der Waals surface area contributed by atoms with Crippen LogP contribution < -0.4 is 5.32 Å². The smallest absolute Gasteiger partial charge is 0.311 e. The van der Waals surface area contributed by atoms with Gasteiger partial charge < -0.3 is 15.3 Å². The Morgan fingerprint density at radius 3 is 2.38 bits per heavy atom. The summed E-state index contributed by atoms with van der Waals surface area (Å²) < 4.78 is 0. The van der Waals surface area contributed by atoms with Crippen molar-refractivity contribution in [3.05, 3.63) is 0 Å².